The summed E-state index contributed by atoms with van der Waals surface area (Å²) >= 11 is 8.69. The third kappa shape index (κ3) is 5.99. The van der Waals surface area contributed by atoms with E-state index in [2.05, 4.69) is 10.2 Å². The summed E-state index contributed by atoms with van der Waals surface area (Å²) in [4.78, 5) is 28.8. The molecule has 0 spiro atoms. The molecule has 0 aliphatic carbocycles. The number of nitrogens with zero attached hydrogens (tertiary/aromatic N) is 3. The number of ketones is 1. The number of fused-ring (bicyclic) bond motifs is 1. The van der Waals surface area contributed by atoms with Gasteiger partial charge in [-0.25, -0.2) is 0 Å². The van der Waals surface area contributed by atoms with Crippen LogP contribution in [0.15, 0.2) is 107 Å². The number of aromatic nitrogens is 2. The van der Waals surface area contributed by atoms with Crippen LogP contribution in [-0.2, 0) is 21.8 Å². The van der Waals surface area contributed by atoms with E-state index in [4.69, 9.17) is 21.1 Å². The first-order chi connectivity index (χ1) is 22.3. The molecule has 0 saturated carbocycles. The molecule has 2 aliphatic heterocycles. The van der Waals surface area contributed by atoms with Gasteiger partial charge in [-0.15, -0.1) is 10.2 Å². The van der Waals surface area contributed by atoms with Gasteiger partial charge in [0.2, 0.25) is 5.13 Å². The van der Waals surface area contributed by atoms with Crippen LogP contribution >= 0.6 is 34.7 Å². The number of hydrogen-bond acceptors (Lipinski definition) is 9. The molecule has 46 heavy (non-hydrogen) atoms. The highest BCUT2D eigenvalue weighted by molar-refractivity contribution is 8.00. The molecule has 1 N–H and O–H groups in total. The lowest BCUT2D eigenvalue weighted by Gasteiger charge is -2.23. The van der Waals surface area contributed by atoms with Gasteiger partial charge in [0.15, 0.2) is 4.34 Å². The van der Waals surface area contributed by atoms with Crippen LogP contribution in [0.3, 0.4) is 0 Å². The van der Waals surface area contributed by atoms with Crippen molar-refractivity contribution in [2.45, 2.75) is 35.6 Å². The molecule has 1 fully saturated rings. The first kappa shape index (κ1) is 30.0. The van der Waals surface area contributed by atoms with Crippen LogP contribution in [0.25, 0.3) is 5.76 Å². The lowest BCUT2D eigenvalue weighted by atomic mass is 9.94. The number of Topliss-reactive ketones (excluding diaryl/α,β-unsaturated/α-hetero) is 1. The molecule has 0 bridgehead atoms. The largest absolute Gasteiger partial charge is 0.507 e. The van der Waals surface area contributed by atoms with E-state index in [9.17, 15) is 14.7 Å². The molecule has 4 aromatic carbocycles. The van der Waals surface area contributed by atoms with E-state index < -0.39 is 17.7 Å². The number of carbonyl (C=O) groups excluding carboxylic acids is 2. The Morgan fingerprint density at radius 3 is 2.59 bits per heavy atom. The Morgan fingerprint density at radius 1 is 1.00 bits per heavy atom. The van der Waals surface area contributed by atoms with E-state index in [0.717, 1.165) is 16.9 Å². The Kier molecular flexibility index (Phi) is 8.25. The van der Waals surface area contributed by atoms with Crippen LogP contribution < -0.4 is 14.4 Å². The number of aliphatic hydroxyl groups is 1. The van der Waals surface area contributed by atoms with Crippen LogP contribution in [0.1, 0.15) is 35.2 Å². The molecule has 8 nitrogen and oxygen atoms in total. The van der Waals surface area contributed by atoms with Crippen molar-refractivity contribution in [1.82, 2.24) is 10.2 Å². The molecule has 1 aromatic heterocycles. The van der Waals surface area contributed by atoms with E-state index in [1.807, 2.05) is 67.6 Å². The fourth-order valence-electron chi connectivity index (χ4n) is 5.53. The Balaban J connectivity index is 1.28. The van der Waals surface area contributed by atoms with Gasteiger partial charge in [0, 0.05) is 22.8 Å². The zero-order chi connectivity index (χ0) is 31.8. The van der Waals surface area contributed by atoms with Crippen LogP contribution in [0.5, 0.6) is 17.2 Å². The molecule has 3 heterocycles. The molecule has 2 atom stereocenters. The average molecular weight is 668 g/mol. The maximum Gasteiger partial charge on any atom is 0.301 e. The SMILES string of the molecule is CC1Cc2cc(/C(O)=C3\C(=O)C(=O)N(c4nnc(SCc5ccc(Cl)cc5)s4)C3c3cccc(Oc4ccccc4)c3)ccc2O1. The number of carbonyl (C=O) groups is 2. The fraction of sp³-hybridized carbons (Fsp3) is 0.143. The lowest BCUT2D eigenvalue weighted by molar-refractivity contribution is -0.132. The number of thioether (sulfide) groups is 1. The summed E-state index contributed by atoms with van der Waals surface area (Å²) in [6.45, 7) is 1.97. The van der Waals surface area contributed by atoms with Gasteiger partial charge >= 0.3 is 5.91 Å². The van der Waals surface area contributed by atoms with Crippen molar-refractivity contribution in [3.8, 4) is 17.2 Å². The van der Waals surface area contributed by atoms with Crippen molar-refractivity contribution < 1.29 is 24.2 Å². The molecule has 2 aliphatic rings. The maximum absolute atomic E-state index is 13.8. The number of aliphatic hydroxyl groups excluding tert-OH is 1. The smallest absolute Gasteiger partial charge is 0.301 e. The van der Waals surface area contributed by atoms with Crippen LogP contribution in [-0.4, -0.2) is 33.1 Å². The second-order valence-electron chi connectivity index (χ2n) is 10.9. The molecule has 5 aromatic rings. The van der Waals surface area contributed by atoms with E-state index >= 15 is 0 Å². The summed E-state index contributed by atoms with van der Waals surface area (Å²) in [7, 11) is 0. The van der Waals surface area contributed by atoms with Crippen LogP contribution in [0, 0.1) is 0 Å². The zero-order valence-corrected chi connectivity index (χ0v) is 26.8. The second kappa shape index (κ2) is 12.6. The summed E-state index contributed by atoms with van der Waals surface area (Å²) in [5, 5.41) is 21.2. The highest BCUT2D eigenvalue weighted by Crippen LogP contribution is 2.45. The van der Waals surface area contributed by atoms with E-state index in [1.54, 1.807) is 36.4 Å². The molecule has 0 radical (unpaired) electrons. The van der Waals surface area contributed by atoms with Gasteiger partial charge in [0.25, 0.3) is 5.78 Å². The first-order valence-corrected chi connectivity index (χ1v) is 16.7. The summed E-state index contributed by atoms with van der Waals surface area (Å²) < 4.78 is 12.5. The minimum atomic E-state index is -0.982. The quantitative estimate of drug-likeness (QED) is 0.0581. The second-order valence-corrected chi connectivity index (χ2v) is 13.5. The predicted molar refractivity (Wildman–Crippen MR) is 179 cm³/mol. The van der Waals surface area contributed by atoms with Gasteiger partial charge in [-0.3, -0.25) is 14.5 Å². The summed E-state index contributed by atoms with van der Waals surface area (Å²) in [5.74, 6) is 0.614. The molecular weight excluding hydrogens is 642 g/mol. The Bertz CT molecular complexity index is 1980. The molecule has 7 rings (SSSR count). The topological polar surface area (TPSA) is 102 Å². The standard InChI is InChI=1S/C35H26ClN3O5S2/c1-20-16-24-17-23(12-15-28(24)43-20)31(40)29-30(22-6-5-9-27(18-22)44-26-7-3-2-4-8-26)39(33(42)32(29)41)34-37-38-35(46-34)45-19-21-10-13-25(36)14-11-21/h2-15,17-18,20,30,40H,16,19H2,1H3/b31-29+. The van der Waals surface area contributed by atoms with Crippen LogP contribution in [0.4, 0.5) is 5.13 Å². The lowest BCUT2D eigenvalue weighted by Crippen LogP contribution is -2.29. The fourth-order valence-corrected chi connectivity index (χ4v) is 7.48. The molecule has 1 amide bonds. The molecule has 11 heteroatoms. The zero-order valence-electron chi connectivity index (χ0n) is 24.4. The van der Waals surface area contributed by atoms with Gasteiger partial charge in [-0.1, -0.05) is 77.2 Å². The van der Waals surface area contributed by atoms with E-state index in [0.29, 0.717) is 44.2 Å². The van der Waals surface area contributed by atoms with Crippen molar-refractivity contribution in [2.24, 2.45) is 0 Å². The van der Waals surface area contributed by atoms with Crippen LogP contribution in [0.2, 0.25) is 5.02 Å². The molecule has 1 saturated heterocycles. The van der Waals surface area contributed by atoms with Gasteiger partial charge in [0.1, 0.15) is 29.1 Å². The van der Waals surface area contributed by atoms with Crippen molar-refractivity contribution in [1.29, 1.82) is 0 Å². The summed E-state index contributed by atoms with van der Waals surface area (Å²) in [6.07, 6.45) is 0.684. The number of benzene rings is 4. The van der Waals surface area contributed by atoms with Gasteiger partial charge < -0.3 is 14.6 Å². The van der Waals surface area contributed by atoms with Crippen molar-refractivity contribution in [2.75, 3.05) is 4.90 Å². The number of halogens is 1. The summed E-state index contributed by atoms with van der Waals surface area (Å²) in [5.41, 5.74) is 2.92. The average Bonchev–Trinajstić information content (AvgIpc) is 3.75. The highest BCUT2D eigenvalue weighted by atomic mass is 35.5. The number of anilines is 1. The third-order valence-corrected chi connectivity index (χ3v) is 10.0. The van der Waals surface area contributed by atoms with Gasteiger partial charge in [-0.2, -0.15) is 0 Å². The number of rotatable bonds is 8. The predicted octanol–water partition coefficient (Wildman–Crippen LogP) is 8.23. The third-order valence-electron chi connectivity index (χ3n) is 7.64. The van der Waals surface area contributed by atoms with Crippen molar-refractivity contribution in [3.05, 3.63) is 130 Å². The Morgan fingerprint density at radius 2 is 1.78 bits per heavy atom. The van der Waals surface area contributed by atoms with E-state index in [1.165, 1.54) is 28.0 Å². The maximum atomic E-state index is 13.8. The Labute approximate surface area is 278 Å². The van der Waals surface area contributed by atoms with Crippen molar-refractivity contribution in [3.63, 3.8) is 0 Å². The van der Waals surface area contributed by atoms with Crippen molar-refractivity contribution >= 4 is 57.3 Å². The molecular formula is C35H26ClN3O5S2. The number of hydrogen-bond donors (Lipinski definition) is 1. The molecule has 2 unspecified atom stereocenters. The number of para-hydroxylation sites is 1. The van der Waals surface area contributed by atoms with Gasteiger partial charge in [0.05, 0.1) is 11.6 Å². The minimum Gasteiger partial charge on any atom is -0.507 e. The minimum absolute atomic E-state index is 0.00879. The first-order valence-electron chi connectivity index (χ1n) is 14.5. The highest BCUT2D eigenvalue weighted by Gasteiger charge is 2.48. The number of amides is 1. The van der Waals surface area contributed by atoms with E-state index in [-0.39, 0.29) is 22.6 Å². The Hall–Kier alpha value is -4.64. The monoisotopic (exact) mass is 667 g/mol. The van der Waals surface area contributed by atoms with Gasteiger partial charge in [-0.05, 0) is 78.2 Å². The normalized spacial score (nSPS) is 18.4. The number of ether oxygens (including phenoxy) is 2. The summed E-state index contributed by atoms with van der Waals surface area (Å²) in [6, 6.07) is 28.3. The molecule has 230 valence electrons.